The van der Waals surface area contributed by atoms with Gasteiger partial charge in [0.1, 0.15) is 0 Å². The van der Waals surface area contributed by atoms with E-state index in [0.717, 1.165) is 31.7 Å². The van der Waals surface area contributed by atoms with Crippen molar-refractivity contribution in [3.63, 3.8) is 0 Å². The lowest BCUT2D eigenvalue weighted by molar-refractivity contribution is 0.175. The van der Waals surface area contributed by atoms with Gasteiger partial charge in [0.15, 0.2) is 0 Å². The Morgan fingerprint density at radius 2 is 2.36 bits per heavy atom. The molecule has 1 heterocycles. The molecule has 14 heavy (non-hydrogen) atoms. The Bertz CT molecular complexity index is 314. The van der Waals surface area contributed by atoms with E-state index in [-0.39, 0.29) is 6.10 Å². The Kier molecular flexibility index (Phi) is 2.70. The molecule has 0 aliphatic carbocycles. The normalized spacial score (nSPS) is 22.8. The highest BCUT2D eigenvalue weighted by Crippen LogP contribution is 2.14. The molecule has 3 nitrogen and oxygen atoms in total. The number of hydrogen-bond donors (Lipinski definition) is 2. The van der Waals surface area contributed by atoms with E-state index in [0.29, 0.717) is 0 Å². The number of likely N-dealkylation sites (tertiary alicyclic amines) is 1. The molecular formula is C11H16N2O. The molecule has 0 aromatic heterocycles. The summed E-state index contributed by atoms with van der Waals surface area (Å²) in [5.41, 5.74) is 7.72. The maximum atomic E-state index is 9.37. The average Bonchev–Trinajstić information content (AvgIpc) is 2.51. The first-order valence-corrected chi connectivity index (χ1v) is 4.99. The largest absolute Gasteiger partial charge is 0.399 e. The van der Waals surface area contributed by atoms with Gasteiger partial charge in [0, 0.05) is 25.3 Å². The monoisotopic (exact) mass is 192 g/mol. The van der Waals surface area contributed by atoms with Crippen LogP contribution >= 0.6 is 0 Å². The van der Waals surface area contributed by atoms with Crippen molar-refractivity contribution < 1.29 is 5.11 Å². The summed E-state index contributed by atoms with van der Waals surface area (Å²) in [5, 5.41) is 9.37. The van der Waals surface area contributed by atoms with Gasteiger partial charge in [-0.15, -0.1) is 0 Å². The van der Waals surface area contributed by atoms with Crippen LogP contribution in [0.4, 0.5) is 5.69 Å². The van der Waals surface area contributed by atoms with Crippen LogP contribution in [0.15, 0.2) is 24.3 Å². The highest BCUT2D eigenvalue weighted by atomic mass is 16.3. The van der Waals surface area contributed by atoms with Crippen LogP contribution in [0, 0.1) is 0 Å². The SMILES string of the molecule is Nc1cccc(CN2CC[C@H](O)C2)c1. The number of anilines is 1. The topological polar surface area (TPSA) is 49.5 Å². The lowest BCUT2D eigenvalue weighted by Gasteiger charge is -2.14. The third-order valence-corrected chi connectivity index (χ3v) is 2.60. The summed E-state index contributed by atoms with van der Waals surface area (Å²) in [6.07, 6.45) is 0.749. The second-order valence-corrected chi connectivity index (χ2v) is 3.92. The van der Waals surface area contributed by atoms with Crippen LogP contribution < -0.4 is 5.73 Å². The summed E-state index contributed by atoms with van der Waals surface area (Å²) >= 11 is 0. The highest BCUT2D eigenvalue weighted by Gasteiger charge is 2.19. The third kappa shape index (κ3) is 2.25. The first kappa shape index (κ1) is 9.49. The van der Waals surface area contributed by atoms with E-state index < -0.39 is 0 Å². The van der Waals surface area contributed by atoms with E-state index in [2.05, 4.69) is 11.0 Å². The quantitative estimate of drug-likeness (QED) is 0.682. The van der Waals surface area contributed by atoms with Gasteiger partial charge in [-0.2, -0.15) is 0 Å². The van der Waals surface area contributed by atoms with Crippen molar-refractivity contribution in [1.82, 2.24) is 4.90 Å². The van der Waals surface area contributed by atoms with E-state index in [1.165, 1.54) is 5.56 Å². The van der Waals surface area contributed by atoms with Gasteiger partial charge in [0.2, 0.25) is 0 Å². The van der Waals surface area contributed by atoms with Crippen LogP contribution in [0.1, 0.15) is 12.0 Å². The zero-order valence-electron chi connectivity index (χ0n) is 8.19. The molecule has 1 aliphatic heterocycles. The zero-order valence-corrected chi connectivity index (χ0v) is 8.19. The minimum atomic E-state index is -0.143. The molecule has 0 saturated carbocycles. The van der Waals surface area contributed by atoms with Crippen molar-refractivity contribution in [3.8, 4) is 0 Å². The van der Waals surface area contributed by atoms with Gasteiger partial charge in [-0.05, 0) is 24.1 Å². The Hall–Kier alpha value is -1.06. The van der Waals surface area contributed by atoms with E-state index in [1.54, 1.807) is 0 Å². The number of nitrogens with zero attached hydrogens (tertiary/aromatic N) is 1. The van der Waals surface area contributed by atoms with Crippen LogP contribution in [0.2, 0.25) is 0 Å². The second kappa shape index (κ2) is 3.98. The molecule has 1 aromatic rings. The molecule has 1 aromatic carbocycles. The summed E-state index contributed by atoms with van der Waals surface area (Å²) in [6, 6.07) is 7.92. The van der Waals surface area contributed by atoms with Crippen LogP contribution in [0.5, 0.6) is 0 Å². The number of hydrogen-bond acceptors (Lipinski definition) is 3. The van der Waals surface area contributed by atoms with Gasteiger partial charge >= 0.3 is 0 Å². The first-order chi connectivity index (χ1) is 6.74. The fraction of sp³-hybridized carbons (Fsp3) is 0.455. The summed E-state index contributed by atoms with van der Waals surface area (Å²) < 4.78 is 0. The van der Waals surface area contributed by atoms with Crippen molar-refractivity contribution in [2.24, 2.45) is 0 Å². The van der Waals surface area contributed by atoms with Gasteiger partial charge in [0.25, 0.3) is 0 Å². The summed E-state index contributed by atoms with van der Waals surface area (Å²) in [7, 11) is 0. The molecule has 1 fully saturated rings. The Morgan fingerprint density at radius 1 is 1.50 bits per heavy atom. The van der Waals surface area contributed by atoms with E-state index in [4.69, 9.17) is 5.73 Å². The highest BCUT2D eigenvalue weighted by molar-refractivity contribution is 5.40. The number of rotatable bonds is 2. The molecule has 1 aliphatic rings. The van der Waals surface area contributed by atoms with Gasteiger partial charge in [-0.1, -0.05) is 12.1 Å². The fourth-order valence-corrected chi connectivity index (χ4v) is 1.91. The molecule has 0 spiro atoms. The van der Waals surface area contributed by atoms with Crippen molar-refractivity contribution in [3.05, 3.63) is 29.8 Å². The molecule has 3 N–H and O–H groups in total. The fourth-order valence-electron chi connectivity index (χ4n) is 1.91. The molecule has 2 rings (SSSR count). The summed E-state index contributed by atoms with van der Waals surface area (Å²) in [6.45, 7) is 2.66. The smallest absolute Gasteiger partial charge is 0.0679 e. The molecule has 1 atom stereocenters. The predicted molar refractivity (Wildman–Crippen MR) is 56.8 cm³/mol. The Balaban J connectivity index is 1.97. The van der Waals surface area contributed by atoms with Crippen molar-refractivity contribution in [1.29, 1.82) is 0 Å². The number of β-amino-alcohol motifs (C(OH)–C–C–N with tert-alkyl or cyclic N) is 1. The van der Waals surface area contributed by atoms with E-state index in [9.17, 15) is 5.11 Å². The molecule has 0 unspecified atom stereocenters. The number of aliphatic hydroxyl groups excluding tert-OH is 1. The molecular weight excluding hydrogens is 176 g/mol. The molecule has 0 amide bonds. The maximum Gasteiger partial charge on any atom is 0.0679 e. The van der Waals surface area contributed by atoms with Crippen LogP contribution in [0.25, 0.3) is 0 Å². The van der Waals surface area contributed by atoms with Crippen molar-refractivity contribution in [2.75, 3.05) is 18.8 Å². The maximum absolute atomic E-state index is 9.37. The molecule has 0 radical (unpaired) electrons. The van der Waals surface area contributed by atoms with Crippen molar-refractivity contribution in [2.45, 2.75) is 19.1 Å². The van der Waals surface area contributed by atoms with Gasteiger partial charge < -0.3 is 10.8 Å². The molecule has 0 bridgehead atoms. The number of nitrogen functional groups attached to an aromatic ring is 1. The summed E-state index contributed by atoms with van der Waals surface area (Å²) in [5.74, 6) is 0. The number of aliphatic hydroxyl groups is 1. The van der Waals surface area contributed by atoms with Gasteiger partial charge in [-0.3, -0.25) is 4.90 Å². The first-order valence-electron chi connectivity index (χ1n) is 4.99. The van der Waals surface area contributed by atoms with E-state index >= 15 is 0 Å². The standard InChI is InChI=1S/C11H16N2O/c12-10-3-1-2-9(6-10)7-13-5-4-11(14)8-13/h1-3,6,11,14H,4-5,7-8,12H2/t11-/m0/s1. The Labute approximate surface area is 84.1 Å². The third-order valence-electron chi connectivity index (χ3n) is 2.60. The number of benzene rings is 1. The number of nitrogens with two attached hydrogens (primary N) is 1. The predicted octanol–water partition coefficient (Wildman–Crippen LogP) is 0.835. The van der Waals surface area contributed by atoms with Crippen LogP contribution in [0.3, 0.4) is 0 Å². The van der Waals surface area contributed by atoms with E-state index in [1.807, 2.05) is 18.2 Å². The molecule has 76 valence electrons. The molecule has 1 saturated heterocycles. The minimum absolute atomic E-state index is 0.143. The van der Waals surface area contributed by atoms with Crippen molar-refractivity contribution >= 4 is 5.69 Å². The summed E-state index contributed by atoms with van der Waals surface area (Å²) in [4.78, 5) is 2.25. The van der Waals surface area contributed by atoms with Crippen LogP contribution in [-0.2, 0) is 6.54 Å². The minimum Gasteiger partial charge on any atom is -0.399 e. The lowest BCUT2D eigenvalue weighted by atomic mass is 10.2. The Morgan fingerprint density at radius 3 is 3.00 bits per heavy atom. The van der Waals surface area contributed by atoms with Crippen LogP contribution in [-0.4, -0.2) is 29.2 Å². The lowest BCUT2D eigenvalue weighted by Crippen LogP contribution is -2.21. The zero-order chi connectivity index (χ0) is 9.97. The average molecular weight is 192 g/mol. The molecule has 3 heteroatoms. The van der Waals surface area contributed by atoms with Gasteiger partial charge in [-0.25, -0.2) is 0 Å². The second-order valence-electron chi connectivity index (χ2n) is 3.92. The van der Waals surface area contributed by atoms with Gasteiger partial charge in [0.05, 0.1) is 6.10 Å².